The highest BCUT2D eigenvalue weighted by atomic mass is 16.4. The average molecular weight is 170 g/mol. The van der Waals surface area contributed by atoms with Crippen molar-refractivity contribution in [2.45, 2.75) is 45.4 Å². The average Bonchev–Trinajstić information content (AvgIpc) is 2.02. The standard InChI is InChI=1S/C10H18O2/c1-2-3-4-5-6-7-8-9-10(11)12/h4-5H,2-3,6-9H2,1H3,(H,11,12)/b5-4+. The van der Waals surface area contributed by atoms with Gasteiger partial charge >= 0.3 is 5.97 Å². The van der Waals surface area contributed by atoms with Gasteiger partial charge in [0.15, 0.2) is 0 Å². The Morgan fingerprint density at radius 3 is 2.50 bits per heavy atom. The Bertz CT molecular complexity index is 139. The van der Waals surface area contributed by atoms with Gasteiger partial charge in [0.05, 0.1) is 0 Å². The molecule has 0 aliphatic carbocycles. The van der Waals surface area contributed by atoms with Gasteiger partial charge in [0.2, 0.25) is 0 Å². The summed E-state index contributed by atoms with van der Waals surface area (Å²) in [6, 6.07) is 0. The maximum Gasteiger partial charge on any atom is 0.303 e. The van der Waals surface area contributed by atoms with Crippen molar-refractivity contribution in [1.29, 1.82) is 0 Å². The number of carboxylic acid groups (broad SMARTS) is 1. The fourth-order valence-corrected chi connectivity index (χ4v) is 0.941. The number of rotatable bonds is 7. The lowest BCUT2D eigenvalue weighted by Gasteiger charge is -1.92. The van der Waals surface area contributed by atoms with E-state index in [2.05, 4.69) is 19.1 Å². The first-order valence-corrected chi connectivity index (χ1v) is 4.64. The summed E-state index contributed by atoms with van der Waals surface area (Å²) >= 11 is 0. The lowest BCUT2D eigenvalue weighted by molar-refractivity contribution is -0.137. The second-order valence-electron chi connectivity index (χ2n) is 2.90. The zero-order valence-corrected chi connectivity index (χ0v) is 7.75. The molecule has 0 saturated heterocycles. The van der Waals surface area contributed by atoms with E-state index in [9.17, 15) is 4.79 Å². The molecule has 0 amide bonds. The first-order chi connectivity index (χ1) is 5.77. The highest BCUT2D eigenvalue weighted by Gasteiger charge is 1.93. The molecular formula is C10H18O2. The van der Waals surface area contributed by atoms with Gasteiger partial charge in [0, 0.05) is 6.42 Å². The third-order valence-corrected chi connectivity index (χ3v) is 1.63. The van der Waals surface area contributed by atoms with Crippen molar-refractivity contribution in [2.75, 3.05) is 0 Å². The summed E-state index contributed by atoms with van der Waals surface area (Å²) < 4.78 is 0. The van der Waals surface area contributed by atoms with Crippen molar-refractivity contribution in [1.82, 2.24) is 0 Å². The highest BCUT2D eigenvalue weighted by molar-refractivity contribution is 5.66. The molecule has 0 aromatic carbocycles. The van der Waals surface area contributed by atoms with Crippen molar-refractivity contribution in [2.24, 2.45) is 0 Å². The zero-order valence-electron chi connectivity index (χ0n) is 7.75. The molecule has 0 spiro atoms. The van der Waals surface area contributed by atoms with Gasteiger partial charge in [-0.2, -0.15) is 0 Å². The number of hydrogen-bond donors (Lipinski definition) is 1. The Kier molecular flexibility index (Phi) is 7.76. The Hall–Kier alpha value is -0.790. The maximum atomic E-state index is 10.1. The second-order valence-corrected chi connectivity index (χ2v) is 2.90. The quantitative estimate of drug-likeness (QED) is 0.471. The lowest BCUT2D eigenvalue weighted by Crippen LogP contribution is -1.92. The van der Waals surface area contributed by atoms with Crippen LogP contribution in [0.1, 0.15) is 45.4 Å². The molecule has 0 aliphatic heterocycles. The molecule has 0 bridgehead atoms. The molecule has 12 heavy (non-hydrogen) atoms. The van der Waals surface area contributed by atoms with Gasteiger partial charge in [0.25, 0.3) is 0 Å². The van der Waals surface area contributed by atoms with Gasteiger partial charge in [0.1, 0.15) is 0 Å². The van der Waals surface area contributed by atoms with E-state index in [0.29, 0.717) is 6.42 Å². The smallest absolute Gasteiger partial charge is 0.303 e. The van der Waals surface area contributed by atoms with Crippen molar-refractivity contribution >= 4 is 5.97 Å². The van der Waals surface area contributed by atoms with E-state index in [1.807, 2.05) is 0 Å². The lowest BCUT2D eigenvalue weighted by atomic mass is 10.2. The SMILES string of the molecule is CCC/C=C/CCCCC(=O)O. The molecule has 0 heterocycles. The second kappa shape index (κ2) is 8.31. The molecule has 0 rings (SSSR count). The summed E-state index contributed by atoms with van der Waals surface area (Å²) in [5.74, 6) is -0.687. The van der Waals surface area contributed by atoms with E-state index in [1.165, 1.54) is 6.42 Å². The van der Waals surface area contributed by atoms with Crippen LogP contribution < -0.4 is 0 Å². The largest absolute Gasteiger partial charge is 0.481 e. The summed E-state index contributed by atoms with van der Waals surface area (Å²) in [7, 11) is 0. The van der Waals surface area contributed by atoms with Gasteiger partial charge in [-0.25, -0.2) is 0 Å². The minimum Gasteiger partial charge on any atom is -0.481 e. The number of carbonyl (C=O) groups is 1. The van der Waals surface area contributed by atoms with E-state index in [1.54, 1.807) is 0 Å². The highest BCUT2D eigenvalue weighted by Crippen LogP contribution is 2.01. The molecule has 2 heteroatoms. The molecule has 70 valence electrons. The first-order valence-electron chi connectivity index (χ1n) is 4.64. The molecule has 1 N–H and O–H groups in total. The monoisotopic (exact) mass is 170 g/mol. The van der Waals surface area contributed by atoms with Crippen molar-refractivity contribution in [3.05, 3.63) is 12.2 Å². The van der Waals surface area contributed by atoms with Crippen molar-refractivity contribution < 1.29 is 9.90 Å². The molecule has 0 atom stereocenters. The number of unbranched alkanes of at least 4 members (excludes halogenated alkanes) is 3. The van der Waals surface area contributed by atoms with Crippen LogP contribution in [0.5, 0.6) is 0 Å². The third-order valence-electron chi connectivity index (χ3n) is 1.63. The first kappa shape index (κ1) is 11.2. The number of hydrogen-bond acceptors (Lipinski definition) is 1. The van der Waals surface area contributed by atoms with Gasteiger partial charge < -0.3 is 5.11 Å². The third kappa shape index (κ3) is 9.21. The molecule has 0 fully saturated rings. The molecule has 0 unspecified atom stereocenters. The van der Waals surface area contributed by atoms with E-state index in [4.69, 9.17) is 5.11 Å². The predicted molar refractivity (Wildman–Crippen MR) is 50.2 cm³/mol. The Labute approximate surface area is 74.3 Å². The van der Waals surface area contributed by atoms with Crippen LogP contribution in [-0.4, -0.2) is 11.1 Å². The molecule has 0 aromatic rings. The Balaban J connectivity index is 3.05. The minimum absolute atomic E-state index is 0.307. The predicted octanol–water partition coefficient (Wildman–Crippen LogP) is 2.99. The molecule has 0 aromatic heterocycles. The summed E-state index contributed by atoms with van der Waals surface area (Å²) in [6.45, 7) is 2.15. The van der Waals surface area contributed by atoms with Crippen LogP contribution in [0.3, 0.4) is 0 Å². The Morgan fingerprint density at radius 1 is 1.25 bits per heavy atom. The molecule has 0 aliphatic rings. The zero-order chi connectivity index (χ0) is 9.23. The normalized spacial score (nSPS) is 10.8. The fourth-order valence-electron chi connectivity index (χ4n) is 0.941. The molecular weight excluding hydrogens is 152 g/mol. The summed E-state index contributed by atoms with van der Waals surface area (Å²) in [6.07, 6.45) is 9.75. The number of carboxylic acids is 1. The Morgan fingerprint density at radius 2 is 1.92 bits per heavy atom. The van der Waals surface area contributed by atoms with Crippen molar-refractivity contribution in [3.63, 3.8) is 0 Å². The molecule has 0 saturated carbocycles. The van der Waals surface area contributed by atoms with E-state index in [0.717, 1.165) is 25.7 Å². The van der Waals surface area contributed by atoms with Gasteiger partial charge in [-0.3, -0.25) is 4.79 Å². The maximum absolute atomic E-state index is 10.1. The van der Waals surface area contributed by atoms with Crippen molar-refractivity contribution in [3.8, 4) is 0 Å². The van der Waals surface area contributed by atoms with Crippen LogP contribution in [0.25, 0.3) is 0 Å². The molecule has 0 radical (unpaired) electrons. The van der Waals surface area contributed by atoms with E-state index >= 15 is 0 Å². The number of aliphatic carboxylic acids is 1. The van der Waals surface area contributed by atoms with Gasteiger partial charge in [-0.1, -0.05) is 25.5 Å². The van der Waals surface area contributed by atoms with Crippen LogP contribution in [0.15, 0.2) is 12.2 Å². The summed E-state index contributed by atoms with van der Waals surface area (Å²) in [4.78, 5) is 10.1. The van der Waals surface area contributed by atoms with Gasteiger partial charge in [-0.15, -0.1) is 0 Å². The number of allylic oxidation sites excluding steroid dienone is 2. The molecule has 2 nitrogen and oxygen atoms in total. The summed E-state index contributed by atoms with van der Waals surface area (Å²) in [5, 5.41) is 8.34. The van der Waals surface area contributed by atoms with Crippen LogP contribution in [-0.2, 0) is 4.79 Å². The topological polar surface area (TPSA) is 37.3 Å². The van der Waals surface area contributed by atoms with Crippen LogP contribution in [0.4, 0.5) is 0 Å². The van der Waals surface area contributed by atoms with E-state index in [-0.39, 0.29) is 0 Å². The van der Waals surface area contributed by atoms with Crippen LogP contribution >= 0.6 is 0 Å². The van der Waals surface area contributed by atoms with Crippen LogP contribution in [0, 0.1) is 0 Å². The fraction of sp³-hybridized carbons (Fsp3) is 0.700. The van der Waals surface area contributed by atoms with Crippen LogP contribution in [0.2, 0.25) is 0 Å². The van der Waals surface area contributed by atoms with E-state index < -0.39 is 5.97 Å². The minimum atomic E-state index is -0.687. The summed E-state index contributed by atoms with van der Waals surface area (Å²) in [5.41, 5.74) is 0. The van der Waals surface area contributed by atoms with Gasteiger partial charge in [-0.05, 0) is 25.7 Å².